The molecule has 0 saturated heterocycles. The minimum absolute atomic E-state index is 0.0310. The first kappa shape index (κ1) is 31.8. The first-order chi connectivity index (χ1) is 18.8. The molecule has 0 radical (unpaired) electrons. The maximum Gasteiger partial charge on any atom is 0.416 e. The lowest BCUT2D eigenvalue weighted by Gasteiger charge is -2.21. The Hall–Kier alpha value is -2.73. The van der Waals surface area contributed by atoms with E-state index in [-0.39, 0.29) is 39.5 Å². The monoisotopic (exact) mass is 633 g/mol. The van der Waals surface area contributed by atoms with Gasteiger partial charge in [0, 0.05) is 11.6 Å². The van der Waals surface area contributed by atoms with Crippen LogP contribution < -0.4 is 10.6 Å². The molecule has 3 rings (SSSR count). The second kappa shape index (κ2) is 13.8. The molecule has 0 aliphatic carbocycles. The van der Waals surface area contributed by atoms with Crippen LogP contribution in [0.25, 0.3) is 0 Å². The summed E-state index contributed by atoms with van der Waals surface area (Å²) in [6.45, 7) is 8.02. The molecular weight excluding hydrogens is 610 g/mol. The molecule has 1 heterocycles. The highest BCUT2D eigenvalue weighted by Crippen LogP contribution is 2.34. The first-order valence-electron chi connectivity index (χ1n) is 11.9. The molecular formula is C26H25Cl3F3N5O2S. The number of aromatic nitrogens is 3. The van der Waals surface area contributed by atoms with Crippen molar-refractivity contribution in [2.45, 2.75) is 44.2 Å². The van der Waals surface area contributed by atoms with Gasteiger partial charge in [-0.15, -0.1) is 16.8 Å². The number of rotatable bonds is 11. The minimum Gasteiger partial charge on any atom is -0.342 e. The Balaban J connectivity index is 1.79. The number of thioether (sulfide) groups is 1. The van der Waals surface area contributed by atoms with E-state index >= 15 is 0 Å². The molecule has 1 aromatic heterocycles. The van der Waals surface area contributed by atoms with Gasteiger partial charge in [0.2, 0.25) is 5.91 Å². The summed E-state index contributed by atoms with van der Waals surface area (Å²) in [6.07, 6.45) is -2.45. The first-order valence-corrected chi connectivity index (χ1v) is 14.0. The molecule has 2 N–H and O–H groups in total. The summed E-state index contributed by atoms with van der Waals surface area (Å²) >= 11 is 19.2. The molecule has 0 unspecified atom stereocenters. The third-order valence-electron chi connectivity index (χ3n) is 5.46. The molecule has 0 saturated carbocycles. The topological polar surface area (TPSA) is 88.9 Å². The average molecular weight is 635 g/mol. The molecule has 2 aromatic carbocycles. The third-order valence-corrected chi connectivity index (χ3v) is 7.30. The van der Waals surface area contributed by atoms with Gasteiger partial charge in [-0.1, -0.05) is 66.5 Å². The summed E-state index contributed by atoms with van der Waals surface area (Å²) in [5, 5.41) is 14.8. The fourth-order valence-electron chi connectivity index (χ4n) is 3.69. The molecule has 0 bridgehead atoms. The number of hydrogen-bond acceptors (Lipinski definition) is 5. The van der Waals surface area contributed by atoms with Crippen molar-refractivity contribution in [1.82, 2.24) is 20.1 Å². The normalized spacial score (nSPS) is 12.3. The third kappa shape index (κ3) is 8.39. The zero-order valence-corrected chi connectivity index (χ0v) is 24.4. The van der Waals surface area contributed by atoms with Crippen molar-refractivity contribution in [2.75, 3.05) is 11.1 Å². The van der Waals surface area contributed by atoms with Gasteiger partial charge in [-0.2, -0.15) is 13.2 Å². The number of nitrogens with zero attached hydrogens (tertiary/aromatic N) is 3. The highest BCUT2D eigenvalue weighted by Gasteiger charge is 2.31. The van der Waals surface area contributed by atoms with Crippen LogP contribution in [0, 0.1) is 5.92 Å². The molecule has 0 aliphatic heterocycles. The Bertz CT molecular complexity index is 1400. The highest BCUT2D eigenvalue weighted by molar-refractivity contribution is 7.99. The highest BCUT2D eigenvalue weighted by atomic mass is 35.5. The van der Waals surface area contributed by atoms with E-state index < -0.39 is 29.6 Å². The number of alkyl halides is 3. The Morgan fingerprint density at radius 1 is 1.10 bits per heavy atom. The Kier molecular flexibility index (Phi) is 10.9. The van der Waals surface area contributed by atoms with Crippen molar-refractivity contribution in [3.63, 3.8) is 0 Å². The van der Waals surface area contributed by atoms with Crippen molar-refractivity contribution in [2.24, 2.45) is 5.92 Å². The summed E-state index contributed by atoms with van der Waals surface area (Å²) < 4.78 is 40.9. The van der Waals surface area contributed by atoms with Crippen molar-refractivity contribution >= 4 is 64.1 Å². The number of benzene rings is 2. The molecule has 7 nitrogen and oxygen atoms in total. The van der Waals surface area contributed by atoms with Crippen LogP contribution in [0.2, 0.25) is 15.1 Å². The maximum atomic E-state index is 13.1. The molecule has 0 aliphatic rings. The van der Waals surface area contributed by atoms with Crippen LogP contribution in [0.15, 0.2) is 54.2 Å². The van der Waals surface area contributed by atoms with Gasteiger partial charge in [0.1, 0.15) is 0 Å². The average Bonchev–Trinajstić information content (AvgIpc) is 3.25. The molecule has 3 aromatic rings. The molecule has 0 fully saturated rings. The Morgan fingerprint density at radius 2 is 1.82 bits per heavy atom. The lowest BCUT2D eigenvalue weighted by molar-refractivity contribution is -0.137. The molecule has 40 heavy (non-hydrogen) atoms. The summed E-state index contributed by atoms with van der Waals surface area (Å²) in [5.41, 5.74) is -0.849. The number of halogens is 6. The van der Waals surface area contributed by atoms with Crippen LogP contribution in [-0.2, 0) is 17.5 Å². The minimum atomic E-state index is -4.59. The van der Waals surface area contributed by atoms with E-state index in [2.05, 4.69) is 27.4 Å². The van der Waals surface area contributed by atoms with Crippen LogP contribution in [0.3, 0.4) is 0 Å². The van der Waals surface area contributed by atoms with E-state index in [1.165, 1.54) is 12.1 Å². The van der Waals surface area contributed by atoms with E-state index in [9.17, 15) is 22.8 Å². The number of carbonyl (C=O) groups is 2. The summed E-state index contributed by atoms with van der Waals surface area (Å²) in [5.74, 6) is -0.601. The van der Waals surface area contributed by atoms with E-state index in [0.717, 1.165) is 30.0 Å². The zero-order chi connectivity index (χ0) is 29.6. The number of nitrogens with one attached hydrogen (secondary N) is 2. The quantitative estimate of drug-likeness (QED) is 0.167. The van der Waals surface area contributed by atoms with E-state index in [1.807, 2.05) is 13.8 Å². The van der Waals surface area contributed by atoms with Gasteiger partial charge in [-0.25, -0.2) is 0 Å². The van der Waals surface area contributed by atoms with Crippen LogP contribution in [0.4, 0.5) is 18.9 Å². The number of anilines is 1. The molecule has 214 valence electrons. The van der Waals surface area contributed by atoms with Gasteiger partial charge in [0.15, 0.2) is 11.0 Å². The SMILES string of the molecule is C=CCn1c(SCC(=O)Nc2cc(C(F)(F)F)ccc2Cl)nnc1[C@H](CC(C)C)NC(=O)c1ccc(Cl)cc1Cl. The fraction of sp³-hybridized carbons (Fsp3) is 0.308. The summed E-state index contributed by atoms with van der Waals surface area (Å²) in [7, 11) is 0. The molecule has 14 heteroatoms. The van der Waals surface area contributed by atoms with E-state index in [4.69, 9.17) is 34.8 Å². The Morgan fingerprint density at radius 3 is 2.45 bits per heavy atom. The largest absolute Gasteiger partial charge is 0.416 e. The smallest absolute Gasteiger partial charge is 0.342 e. The van der Waals surface area contributed by atoms with E-state index in [1.54, 1.807) is 16.7 Å². The number of allylic oxidation sites excluding steroid dienone is 1. The van der Waals surface area contributed by atoms with Crippen molar-refractivity contribution < 1.29 is 22.8 Å². The maximum absolute atomic E-state index is 13.1. The van der Waals surface area contributed by atoms with Crippen LogP contribution in [-0.4, -0.2) is 32.3 Å². The van der Waals surface area contributed by atoms with Gasteiger partial charge >= 0.3 is 6.18 Å². The number of carbonyl (C=O) groups excluding carboxylic acids is 2. The van der Waals surface area contributed by atoms with Gasteiger partial charge in [-0.3, -0.25) is 9.59 Å². The second-order valence-electron chi connectivity index (χ2n) is 9.05. The van der Waals surface area contributed by atoms with Crippen molar-refractivity contribution in [3.05, 3.63) is 81.1 Å². The second-order valence-corrected chi connectivity index (χ2v) is 11.2. The van der Waals surface area contributed by atoms with Gasteiger partial charge in [0.05, 0.1) is 38.7 Å². The van der Waals surface area contributed by atoms with Gasteiger partial charge in [-0.05, 0) is 48.7 Å². The van der Waals surface area contributed by atoms with Gasteiger partial charge < -0.3 is 15.2 Å². The van der Waals surface area contributed by atoms with Crippen molar-refractivity contribution in [1.29, 1.82) is 0 Å². The predicted molar refractivity (Wildman–Crippen MR) is 152 cm³/mol. The van der Waals surface area contributed by atoms with Crippen LogP contribution >= 0.6 is 46.6 Å². The predicted octanol–water partition coefficient (Wildman–Crippen LogP) is 7.69. The van der Waals surface area contributed by atoms with E-state index in [0.29, 0.717) is 22.4 Å². The number of amides is 2. The van der Waals surface area contributed by atoms with Crippen LogP contribution in [0.1, 0.15) is 48.1 Å². The number of hydrogen-bond donors (Lipinski definition) is 2. The summed E-state index contributed by atoms with van der Waals surface area (Å²) in [6, 6.07) is 6.68. The summed E-state index contributed by atoms with van der Waals surface area (Å²) in [4.78, 5) is 25.6. The molecule has 0 spiro atoms. The molecule has 2 amide bonds. The zero-order valence-electron chi connectivity index (χ0n) is 21.4. The molecule has 1 atom stereocenters. The Labute approximate surface area is 248 Å². The van der Waals surface area contributed by atoms with Crippen LogP contribution in [0.5, 0.6) is 0 Å². The lowest BCUT2D eigenvalue weighted by atomic mass is 10.0. The standard InChI is InChI=1S/C26H25Cl3F3N5O2S/c1-4-9-37-23(21(10-14(2)3)34-24(39)17-7-6-16(27)12-19(17)29)35-36-25(37)40-13-22(38)33-20-11-15(26(30,31)32)5-8-18(20)28/h4-8,11-12,14,21H,1,9-10,13H2,2-3H3,(H,33,38)(H,34,39)/t21-/m0/s1. The van der Waals surface area contributed by atoms with Crippen molar-refractivity contribution in [3.8, 4) is 0 Å². The lowest BCUT2D eigenvalue weighted by Crippen LogP contribution is -2.32. The van der Waals surface area contributed by atoms with Gasteiger partial charge in [0.25, 0.3) is 5.91 Å². The fourth-order valence-corrected chi connectivity index (χ4v) is 5.10.